The van der Waals surface area contributed by atoms with E-state index in [0.29, 0.717) is 11.0 Å². The number of hydrogen-bond donors (Lipinski definition) is 0. The first-order valence-electron chi connectivity index (χ1n) is 6.08. The van der Waals surface area contributed by atoms with Gasteiger partial charge in [0.2, 0.25) is 0 Å². The SMILES string of the molecule is COc1ccc(Br)cc1-c1nc(Cl)c2c(n1)CCC2. The van der Waals surface area contributed by atoms with Crippen LogP contribution < -0.4 is 4.74 Å². The van der Waals surface area contributed by atoms with Crippen molar-refractivity contribution in [1.29, 1.82) is 0 Å². The molecule has 19 heavy (non-hydrogen) atoms. The minimum Gasteiger partial charge on any atom is -0.496 e. The van der Waals surface area contributed by atoms with Gasteiger partial charge in [0.15, 0.2) is 5.82 Å². The average Bonchev–Trinajstić information content (AvgIpc) is 2.87. The summed E-state index contributed by atoms with van der Waals surface area (Å²) in [5.41, 5.74) is 3.02. The lowest BCUT2D eigenvalue weighted by molar-refractivity contribution is 0.416. The van der Waals surface area contributed by atoms with Crippen molar-refractivity contribution in [2.24, 2.45) is 0 Å². The smallest absolute Gasteiger partial charge is 0.164 e. The molecule has 0 saturated carbocycles. The van der Waals surface area contributed by atoms with Gasteiger partial charge in [-0.1, -0.05) is 27.5 Å². The van der Waals surface area contributed by atoms with Crippen molar-refractivity contribution in [3.05, 3.63) is 39.1 Å². The van der Waals surface area contributed by atoms with Crippen molar-refractivity contribution >= 4 is 27.5 Å². The lowest BCUT2D eigenvalue weighted by Crippen LogP contribution is -1.99. The van der Waals surface area contributed by atoms with Crippen molar-refractivity contribution in [2.75, 3.05) is 7.11 Å². The Hall–Kier alpha value is -1.13. The highest BCUT2D eigenvalue weighted by atomic mass is 79.9. The second-order valence-electron chi connectivity index (χ2n) is 4.46. The Morgan fingerprint density at radius 3 is 2.89 bits per heavy atom. The molecule has 1 heterocycles. The molecule has 0 spiro atoms. The van der Waals surface area contributed by atoms with E-state index in [2.05, 4.69) is 25.9 Å². The van der Waals surface area contributed by atoms with Gasteiger partial charge in [-0.05, 0) is 37.5 Å². The second-order valence-corrected chi connectivity index (χ2v) is 5.74. The number of nitrogens with zero attached hydrogens (tertiary/aromatic N) is 2. The van der Waals surface area contributed by atoms with Gasteiger partial charge in [-0.25, -0.2) is 9.97 Å². The van der Waals surface area contributed by atoms with E-state index in [1.807, 2.05) is 18.2 Å². The predicted molar refractivity (Wildman–Crippen MR) is 78.8 cm³/mol. The van der Waals surface area contributed by atoms with Crippen LogP contribution in [0.2, 0.25) is 5.15 Å². The highest BCUT2D eigenvalue weighted by molar-refractivity contribution is 9.10. The van der Waals surface area contributed by atoms with Crippen LogP contribution in [0.25, 0.3) is 11.4 Å². The Labute approximate surface area is 125 Å². The maximum atomic E-state index is 6.26. The molecule has 3 rings (SSSR count). The van der Waals surface area contributed by atoms with E-state index in [0.717, 1.165) is 46.3 Å². The van der Waals surface area contributed by atoms with Gasteiger partial charge in [0.1, 0.15) is 10.9 Å². The van der Waals surface area contributed by atoms with Gasteiger partial charge in [0, 0.05) is 15.7 Å². The zero-order valence-corrected chi connectivity index (χ0v) is 12.8. The molecule has 0 fully saturated rings. The first kappa shape index (κ1) is 12.9. The molecule has 0 aliphatic heterocycles. The van der Waals surface area contributed by atoms with E-state index < -0.39 is 0 Å². The Morgan fingerprint density at radius 2 is 2.11 bits per heavy atom. The van der Waals surface area contributed by atoms with Crippen molar-refractivity contribution < 1.29 is 4.74 Å². The van der Waals surface area contributed by atoms with E-state index in [9.17, 15) is 0 Å². The number of fused-ring (bicyclic) bond motifs is 1. The van der Waals surface area contributed by atoms with E-state index in [1.165, 1.54) is 0 Å². The monoisotopic (exact) mass is 338 g/mol. The molecule has 0 atom stereocenters. The standard InChI is InChI=1S/C14H12BrClN2O/c1-19-12-6-5-8(15)7-10(12)14-17-11-4-2-3-9(11)13(16)18-14/h5-7H,2-4H2,1H3. The summed E-state index contributed by atoms with van der Waals surface area (Å²) in [5.74, 6) is 1.38. The number of aryl methyl sites for hydroxylation is 1. The molecule has 0 N–H and O–H groups in total. The molecule has 1 aliphatic carbocycles. The topological polar surface area (TPSA) is 35.0 Å². The van der Waals surface area contributed by atoms with E-state index in [-0.39, 0.29) is 0 Å². The summed E-state index contributed by atoms with van der Waals surface area (Å²) >= 11 is 9.72. The van der Waals surface area contributed by atoms with Crippen LogP contribution >= 0.6 is 27.5 Å². The summed E-state index contributed by atoms with van der Waals surface area (Å²) in [5, 5.41) is 0.569. The summed E-state index contributed by atoms with van der Waals surface area (Å²) in [6.45, 7) is 0. The van der Waals surface area contributed by atoms with Crippen LogP contribution in [0.15, 0.2) is 22.7 Å². The predicted octanol–water partition coefficient (Wildman–Crippen LogP) is 4.06. The fourth-order valence-electron chi connectivity index (χ4n) is 2.36. The molecular formula is C14H12BrClN2O. The van der Waals surface area contributed by atoms with E-state index in [4.69, 9.17) is 16.3 Å². The van der Waals surface area contributed by atoms with Gasteiger partial charge >= 0.3 is 0 Å². The largest absolute Gasteiger partial charge is 0.496 e. The van der Waals surface area contributed by atoms with Crippen LogP contribution in [0.1, 0.15) is 17.7 Å². The molecule has 0 unspecified atom stereocenters. The van der Waals surface area contributed by atoms with Gasteiger partial charge in [0.05, 0.1) is 12.7 Å². The summed E-state index contributed by atoms with van der Waals surface area (Å²) in [6.07, 6.45) is 3.05. The normalized spacial score (nSPS) is 13.4. The fraction of sp³-hybridized carbons (Fsp3) is 0.286. The van der Waals surface area contributed by atoms with Crippen molar-refractivity contribution in [3.63, 3.8) is 0 Å². The summed E-state index contributed by atoms with van der Waals surface area (Å²) in [4.78, 5) is 9.06. The van der Waals surface area contributed by atoms with E-state index >= 15 is 0 Å². The number of hydrogen-bond acceptors (Lipinski definition) is 3. The lowest BCUT2D eigenvalue weighted by atomic mass is 10.1. The first-order chi connectivity index (χ1) is 9.19. The molecule has 5 heteroatoms. The highest BCUT2D eigenvalue weighted by Gasteiger charge is 2.20. The summed E-state index contributed by atoms with van der Waals surface area (Å²) in [6, 6.07) is 5.77. The molecule has 1 aliphatic rings. The number of rotatable bonds is 2. The lowest BCUT2D eigenvalue weighted by Gasteiger charge is -2.10. The molecule has 0 radical (unpaired) electrons. The molecule has 1 aromatic carbocycles. The Bertz CT molecular complexity index is 646. The van der Waals surface area contributed by atoms with Crippen LogP contribution in [0.5, 0.6) is 5.75 Å². The molecule has 98 valence electrons. The van der Waals surface area contributed by atoms with Crippen molar-refractivity contribution in [3.8, 4) is 17.1 Å². The Kier molecular flexibility index (Phi) is 3.46. The molecule has 0 amide bonds. The molecule has 1 aromatic heterocycles. The van der Waals surface area contributed by atoms with Gasteiger partial charge in [0.25, 0.3) is 0 Å². The van der Waals surface area contributed by atoms with Crippen LogP contribution in [0.4, 0.5) is 0 Å². The maximum absolute atomic E-state index is 6.26. The number of aromatic nitrogens is 2. The van der Waals surface area contributed by atoms with Gasteiger partial charge in [-0.2, -0.15) is 0 Å². The number of ether oxygens (including phenoxy) is 1. The number of methoxy groups -OCH3 is 1. The van der Waals surface area contributed by atoms with E-state index in [1.54, 1.807) is 7.11 Å². The third-order valence-corrected chi connectivity index (χ3v) is 4.09. The van der Waals surface area contributed by atoms with Crippen LogP contribution in [-0.2, 0) is 12.8 Å². The quantitative estimate of drug-likeness (QED) is 0.774. The number of benzene rings is 1. The third-order valence-electron chi connectivity index (χ3n) is 3.29. The maximum Gasteiger partial charge on any atom is 0.164 e. The molecule has 0 bridgehead atoms. The first-order valence-corrected chi connectivity index (χ1v) is 7.25. The van der Waals surface area contributed by atoms with Gasteiger partial charge in [-0.3, -0.25) is 0 Å². The zero-order valence-electron chi connectivity index (χ0n) is 10.4. The van der Waals surface area contributed by atoms with Crippen molar-refractivity contribution in [2.45, 2.75) is 19.3 Å². The third kappa shape index (κ3) is 2.35. The Balaban J connectivity index is 2.17. The Morgan fingerprint density at radius 1 is 1.26 bits per heavy atom. The number of halogens is 2. The second kappa shape index (κ2) is 5.10. The van der Waals surface area contributed by atoms with Crippen LogP contribution in [-0.4, -0.2) is 17.1 Å². The highest BCUT2D eigenvalue weighted by Crippen LogP contribution is 2.34. The van der Waals surface area contributed by atoms with Crippen LogP contribution in [0.3, 0.4) is 0 Å². The summed E-state index contributed by atoms with van der Waals surface area (Å²) < 4.78 is 6.33. The average molecular weight is 340 g/mol. The minimum atomic E-state index is 0.569. The van der Waals surface area contributed by atoms with Gasteiger partial charge in [-0.15, -0.1) is 0 Å². The zero-order chi connectivity index (χ0) is 13.4. The van der Waals surface area contributed by atoms with Crippen molar-refractivity contribution in [1.82, 2.24) is 9.97 Å². The summed E-state index contributed by atoms with van der Waals surface area (Å²) in [7, 11) is 1.64. The van der Waals surface area contributed by atoms with Gasteiger partial charge < -0.3 is 4.74 Å². The fourth-order valence-corrected chi connectivity index (χ4v) is 3.01. The molecule has 3 nitrogen and oxygen atoms in total. The van der Waals surface area contributed by atoms with Crippen LogP contribution in [0, 0.1) is 0 Å². The minimum absolute atomic E-state index is 0.569. The molecule has 2 aromatic rings. The molecule has 0 saturated heterocycles. The molecular weight excluding hydrogens is 328 g/mol.